The van der Waals surface area contributed by atoms with Crippen molar-refractivity contribution in [3.05, 3.63) is 23.3 Å². The highest BCUT2D eigenvalue weighted by Gasteiger charge is 2.27. The zero-order valence-corrected chi connectivity index (χ0v) is 12.3. The molecule has 6 heteroatoms. The number of anilines is 1. The highest BCUT2D eigenvalue weighted by Crippen LogP contribution is 2.37. The molecule has 1 amide bonds. The number of nitrogens with two attached hydrogens (primary N) is 2. The van der Waals surface area contributed by atoms with Crippen LogP contribution in [0.4, 0.5) is 5.69 Å². The molecule has 0 aliphatic carbocycles. The summed E-state index contributed by atoms with van der Waals surface area (Å²) >= 11 is 0. The van der Waals surface area contributed by atoms with E-state index < -0.39 is 5.91 Å². The highest BCUT2D eigenvalue weighted by molar-refractivity contribution is 5.97. The van der Waals surface area contributed by atoms with Crippen LogP contribution in [-0.2, 0) is 6.42 Å². The number of rotatable bonds is 2. The number of fused-ring (bicyclic) bond motifs is 1. The molecule has 21 heavy (non-hydrogen) atoms. The van der Waals surface area contributed by atoms with Crippen LogP contribution in [0, 0.1) is 0 Å². The summed E-state index contributed by atoms with van der Waals surface area (Å²) in [6.07, 6.45) is 1.22. The zero-order valence-electron chi connectivity index (χ0n) is 12.3. The second-order valence-corrected chi connectivity index (χ2v) is 5.79. The van der Waals surface area contributed by atoms with Crippen molar-refractivity contribution in [2.24, 2.45) is 11.5 Å². The average molecular weight is 290 g/mol. The second kappa shape index (κ2) is 5.54. The van der Waals surface area contributed by atoms with Crippen LogP contribution in [-0.4, -0.2) is 50.3 Å². The maximum atomic E-state index is 11.6. The van der Waals surface area contributed by atoms with Gasteiger partial charge in [-0.1, -0.05) is 0 Å². The van der Waals surface area contributed by atoms with E-state index in [0.29, 0.717) is 11.3 Å². The van der Waals surface area contributed by atoms with E-state index in [9.17, 15) is 4.79 Å². The Morgan fingerprint density at radius 1 is 1.29 bits per heavy atom. The first-order chi connectivity index (χ1) is 10.1. The van der Waals surface area contributed by atoms with Gasteiger partial charge in [-0.2, -0.15) is 0 Å². The molecule has 114 valence electrons. The van der Waals surface area contributed by atoms with Gasteiger partial charge in [0, 0.05) is 43.9 Å². The first kappa shape index (κ1) is 14.2. The van der Waals surface area contributed by atoms with Gasteiger partial charge in [-0.15, -0.1) is 0 Å². The van der Waals surface area contributed by atoms with Crippen molar-refractivity contribution >= 4 is 11.6 Å². The Hall–Kier alpha value is -1.79. The molecule has 2 aliphatic heterocycles. The van der Waals surface area contributed by atoms with Gasteiger partial charge in [0.05, 0.1) is 5.56 Å². The Morgan fingerprint density at radius 3 is 2.67 bits per heavy atom. The van der Waals surface area contributed by atoms with Gasteiger partial charge in [0.15, 0.2) is 0 Å². The topological polar surface area (TPSA) is 84.8 Å². The van der Waals surface area contributed by atoms with Gasteiger partial charge in [-0.3, -0.25) is 10.5 Å². The van der Waals surface area contributed by atoms with Crippen LogP contribution in [0.2, 0.25) is 0 Å². The molecular weight excluding hydrogens is 268 g/mol. The molecule has 3 rings (SSSR count). The Balaban J connectivity index is 1.99. The van der Waals surface area contributed by atoms with Crippen molar-refractivity contribution in [2.75, 3.05) is 38.1 Å². The molecule has 4 N–H and O–H groups in total. The van der Waals surface area contributed by atoms with Gasteiger partial charge < -0.3 is 20.3 Å². The quantitative estimate of drug-likeness (QED) is 0.810. The molecule has 2 heterocycles. The molecule has 1 fully saturated rings. The summed E-state index contributed by atoms with van der Waals surface area (Å²) in [4.78, 5) is 16.3. The monoisotopic (exact) mass is 290 g/mol. The summed E-state index contributed by atoms with van der Waals surface area (Å²) < 4.78 is 5.72. The minimum Gasteiger partial charge on any atom is -0.474 e. The number of amides is 1. The number of carbonyl (C=O) groups excluding carboxylic acids is 1. The fourth-order valence-corrected chi connectivity index (χ4v) is 3.03. The Morgan fingerprint density at radius 2 is 2.00 bits per heavy atom. The zero-order chi connectivity index (χ0) is 15.0. The maximum Gasteiger partial charge on any atom is 0.252 e. The number of ether oxygens (including phenoxy) is 1. The van der Waals surface area contributed by atoms with E-state index in [2.05, 4.69) is 16.8 Å². The van der Waals surface area contributed by atoms with Gasteiger partial charge in [-0.25, -0.2) is 0 Å². The summed E-state index contributed by atoms with van der Waals surface area (Å²) in [7, 11) is 2.13. The van der Waals surface area contributed by atoms with E-state index in [4.69, 9.17) is 16.2 Å². The van der Waals surface area contributed by atoms with Gasteiger partial charge in [0.1, 0.15) is 12.0 Å². The van der Waals surface area contributed by atoms with E-state index in [0.717, 1.165) is 50.3 Å². The van der Waals surface area contributed by atoms with Crippen LogP contribution >= 0.6 is 0 Å². The number of piperazine rings is 1. The lowest BCUT2D eigenvalue weighted by Gasteiger charge is -2.37. The van der Waals surface area contributed by atoms with E-state index in [1.54, 1.807) is 6.07 Å². The van der Waals surface area contributed by atoms with Crippen molar-refractivity contribution in [1.29, 1.82) is 0 Å². The fourth-order valence-electron chi connectivity index (χ4n) is 3.03. The number of hydrogen-bond acceptors (Lipinski definition) is 5. The van der Waals surface area contributed by atoms with E-state index >= 15 is 0 Å². The fraction of sp³-hybridized carbons (Fsp3) is 0.533. The molecule has 0 aromatic heterocycles. The molecule has 1 aromatic carbocycles. The number of hydrogen-bond donors (Lipinski definition) is 2. The lowest BCUT2D eigenvalue weighted by molar-refractivity contribution is 0.0990. The van der Waals surface area contributed by atoms with Crippen molar-refractivity contribution < 1.29 is 9.53 Å². The van der Waals surface area contributed by atoms with Crippen LogP contribution in [0.3, 0.4) is 0 Å². The van der Waals surface area contributed by atoms with Gasteiger partial charge >= 0.3 is 0 Å². The van der Waals surface area contributed by atoms with E-state index in [-0.39, 0.29) is 6.23 Å². The number of nitrogens with zero attached hydrogens (tertiary/aromatic N) is 2. The lowest BCUT2D eigenvalue weighted by Crippen LogP contribution is -2.45. The largest absolute Gasteiger partial charge is 0.474 e. The van der Waals surface area contributed by atoms with Crippen LogP contribution < -0.4 is 21.1 Å². The Kier molecular flexibility index (Phi) is 3.73. The second-order valence-electron chi connectivity index (χ2n) is 5.79. The summed E-state index contributed by atoms with van der Waals surface area (Å²) in [6.45, 7) is 4.02. The summed E-state index contributed by atoms with van der Waals surface area (Å²) in [5.41, 5.74) is 14.0. The predicted molar refractivity (Wildman–Crippen MR) is 81.6 cm³/mol. The van der Waals surface area contributed by atoms with Crippen molar-refractivity contribution in [1.82, 2.24) is 4.90 Å². The third-order valence-electron chi connectivity index (χ3n) is 4.29. The van der Waals surface area contributed by atoms with Crippen molar-refractivity contribution in [3.8, 4) is 5.75 Å². The van der Waals surface area contributed by atoms with Crippen molar-refractivity contribution in [2.45, 2.75) is 19.1 Å². The van der Waals surface area contributed by atoms with Crippen LogP contribution in [0.25, 0.3) is 0 Å². The molecule has 2 aliphatic rings. The Labute approximate surface area is 124 Å². The molecular formula is C15H22N4O2. The van der Waals surface area contributed by atoms with E-state index in [1.165, 1.54) is 0 Å². The van der Waals surface area contributed by atoms with E-state index in [1.807, 2.05) is 6.07 Å². The molecule has 1 atom stereocenters. The summed E-state index contributed by atoms with van der Waals surface area (Å²) in [6, 6.07) is 3.75. The molecule has 0 bridgehead atoms. The number of carbonyl (C=O) groups is 1. The van der Waals surface area contributed by atoms with Crippen LogP contribution in [0.1, 0.15) is 22.3 Å². The molecule has 0 radical (unpaired) electrons. The first-order valence-electron chi connectivity index (χ1n) is 7.37. The third kappa shape index (κ3) is 2.69. The van der Waals surface area contributed by atoms with Gasteiger partial charge in [0.2, 0.25) is 0 Å². The molecule has 0 saturated carbocycles. The van der Waals surface area contributed by atoms with Crippen LogP contribution in [0.5, 0.6) is 5.75 Å². The Bertz CT molecular complexity index is 553. The smallest absolute Gasteiger partial charge is 0.252 e. The summed E-state index contributed by atoms with van der Waals surface area (Å²) in [5, 5.41) is 0. The normalized spacial score (nSPS) is 22.6. The number of primary amides is 1. The molecule has 1 aromatic rings. The van der Waals surface area contributed by atoms with Gasteiger partial charge in [0.25, 0.3) is 5.91 Å². The summed E-state index contributed by atoms with van der Waals surface area (Å²) in [5.74, 6) is 0.114. The standard InChI is InChI=1S/C15H22N4O2/c1-18-6-8-19(9-7-18)12-4-2-11(15(17)20)14-10(12)3-5-13(16)21-14/h2,4,13H,3,5-9,16H2,1H3,(H2,17,20)/t13-/m0/s1. The number of likely N-dealkylation sites (N-methyl/N-ethyl adjacent to an activating group) is 1. The molecule has 0 unspecified atom stereocenters. The predicted octanol–water partition coefficient (Wildman–Crippen LogP) is 0.147. The minimum atomic E-state index is -0.467. The third-order valence-corrected chi connectivity index (χ3v) is 4.29. The molecule has 0 spiro atoms. The average Bonchev–Trinajstić information content (AvgIpc) is 2.46. The lowest BCUT2D eigenvalue weighted by atomic mass is 9.97. The van der Waals surface area contributed by atoms with Crippen molar-refractivity contribution in [3.63, 3.8) is 0 Å². The first-order valence-corrected chi connectivity index (χ1v) is 7.37. The SMILES string of the molecule is CN1CCN(c2ccc(C(N)=O)c3c2CC[C@@H](N)O3)CC1. The molecule has 6 nitrogen and oxygen atoms in total. The maximum absolute atomic E-state index is 11.6. The molecule has 1 saturated heterocycles. The highest BCUT2D eigenvalue weighted by atomic mass is 16.5. The van der Waals surface area contributed by atoms with Gasteiger partial charge in [-0.05, 0) is 25.6 Å². The minimum absolute atomic E-state index is 0.363. The number of benzene rings is 1. The van der Waals surface area contributed by atoms with Crippen LogP contribution in [0.15, 0.2) is 12.1 Å².